The van der Waals surface area contributed by atoms with E-state index in [1.165, 1.54) is 25.8 Å². The van der Waals surface area contributed by atoms with Crippen molar-refractivity contribution in [1.29, 1.82) is 0 Å². The second-order valence-electron chi connectivity index (χ2n) is 8.03. The summed E-state index contributed by atoms with van der Waals surface area (Å²) in [7, 11) is 3.32. The van der Waals surface area contributed by atoms with Gasteiger partial charge < -0.3 is 20.0 Å². The standard InChI is InChI=1S/C20H27N5O3/c1-12-7-8-14(10-13(12)2)15-6-5-9-24(15)16(26)11-25-18-17(21-19(25)27)22(3)20(28)23(18)4/h7-8,10,15,17-18H,5-6,9,11H2,1-4H3,(H,21,27). The van der Waals surface area contributed by atoms with E-state index in [4.69, 9.17) is 0 Å². The summed E-state index contributed by atoms with van der Waals surface area (Å²) in [5, 5.41) is 2.81. The van der Waals surface area contributed by atoms with Crippen LogP contribution in [0.4, 0.5) is 9.59 Å². The zero-order valence-electron chi connectivity index (χ0n) is 16.8. The zero-order valence-corrected chi connectivity index (χ0v) is 16.8. The van der Waals surface area contributed by atoms with Crippen LogP contribution >= 0.6 is 0 Å². The zero-order chi connectivity index (χ0) is 20.2. The average molecular weight is 385 g/mol. The van der Waals surface area contributed by atoms with Gasteiger partial charge in [-0.15, -0.1) is 0 Å². The van der Waals surface area contributed by atoms with Crippen molar-refractivity contribution in [2.75, 3.05) is 27.2 Å². The Balaban J connectivity index is 1.52. The molecule has 150 valence electrons. The predicted octanol–water partition coefficient (Wildman–Crippen LogP) is 1.64. The normalized spacial score (nSPS) is 26.9. The van der Waals surface area contributed by atoms with Crippen LogP contribution in [0.25, 0.3) is 0 Å². The van der Waals surface area contributed by atoms with E-state index < -0.39 is 12.3 Å². The SMILES string of the molecule is Cc1ccc(C2CCCN2C(=O)CN2C(=O)NC3C2N(C)C(=O)N3C)cc1C. The van der Waals surface area contributed by atoms with Gasteiger partial charge in [-0.2, -0.15) is 0 Å². The first-order valence-corrected chi connectivity index (χ1v) is 9.73. The van der Waals surface area contributed by atoms with Crippen LogP contribution in [0.5, 0.6) is 0 Å². The van der Waals surface area contributed by atoms with Crippen molar-refractivity contribution in [3.05, 3.63) is 34.9 Å². The third-order valence-electron chi connectivity index (χ3n) is 6.35. The molecule has 8 heteroatoms. The van der Waals surface area contributed by atoms with Crippen molar-refractivity contribution in [2.24, 2.45) is 0 Å². The summed E-state index contributed by atoms with van der Waals surface area (Å²) in [5.41, 5.74) is 3.59. The Morgan fingerprint density at radius 2 is 1.89 bits per heavy atom. The molecule has 3 fully saturated rings. The number of fused-ring (bicyclic) bond motifs is 1. The van der Waals surface area contributed by atoms with Crippen LogP contribution in [0.3, 0.4) is 0 Å². The Labute approximate surface area is 165 Å². The summed E-state index contributed by atoms with van der Waals surface area (Å²) in [6, 6.07) is 5.91. The molecule has 3 unspecified atom stereocenters. The molecule has 1 aromatic carbocycles. The van der Waals surface area contributed by atoms with Gasteiger partial charge in [0.2, 0.25) is 5.91 Å². The van der Waals surface area contributed by atoms with E-state index in [1.54, 1.807) is 14.1 Å². The Hall–Kier alpha value is -2.77. The van der Waals surface area contributed by atoms with Gasteiger partial charge in [-0.25, -0.2) is 9.59 Å². The number of hydrogen-bond acceptors (Lipinski definition) is 3. The molecule has 0 saturated carbocycles. The Morgan fingerprint density at radius 3 is 2.61 bits per heavy atom. The minimum Gasteiger partial charge on any atom is -0.334 e. The molecule has 3 atom stereocenters. The molecule has 0 aromatic heterocycles. The number of amides is 5. The lowest BCUT2D eigenvalue weighted by Gasteiger charge is -2.30. The van der Waals surface area contributed by atoms with Crippen molar-refractivity contribution >= 4 is 18.0 Å². The number of nitrogens with one attached hydrogen (secondary N) is 1. The second-order valence-corrected chi connectivity index (χ2v) is 8.03. The van der Waals surface area contributed by atoms with Crippen LogP contribution in [0.15, 0.2) is 18.2 Å². The molecule has 3 saturated heterocycles. The molecule has 4 rings (SSSR count). The first-order chi connectivity index (χ1) is 13.3. The molecule has 0 spiro atoms. The van der Waals surface area contributed by atoms with Gasteiger partial charge in [0.15, 0.2) is 0 Å². The second kappa shape index (κ2) is 6.68. The summed E-state index contributed by atoms with van der Waals surface area (Å²) < 4.78 is 0. The number of carbonyl (C=O) groups excluding carboxylic acids is 3. The van der Waals surface area contributed by atoms with E-state index in [9.17, 15) is 14.4 Å². The highest BCUT2D eigenvalue weighted by Crippen LogP contribution is 2.34. The summed E-state index contributed by atoms with van der Waals surface area (Å²) in [6.45, 7) is 4.82. The van der Waals surface area contributed by atoms with Crippen LogP contribution in [-0.4, -0.2) is 77.1 Å². The van der Waals surface area contributed by atoms with Crippen molar-refractivity contribution in [3.8, 4) is 0 Å². The number of likely N-dealkylation sites (N-methyl/N-ethyl adjacent to an activating group) is 2. The maximum absolute atomic E-state index is 13.1. The highest BCUT2D eigenvalue weighted by Gasteiger charge is 2.53. The van der Waals surface area contributed by atoms with Crippen molar-refractivity contribution in [3.63, 3.8) is 0 Å². The fraction of sp³-hybridized carbons (Fsp3) is 0.550. The topological polar surface area (TPSA) is 76.2 Å². The largest absolute Gasteiger partial charge is 0.334 e. The summed E-state index contributed by atoms with van der Waals surface area (Å²) in [5.74, 6) is -0.0769. The van der Waals surface area contributed by atoms with Crippen LogP contribution < -0.4 is 5.32 Å². The first-order valence-electron chi connectivity index (χ1n) is 9.73. The van der Waals surface area contributed by atoms with E-state index in [0.29, 0.717) is 6.54 Å². The van der Waals surface area contributed by atoms with E-state index in [2.05, 4.69) is 37.4 Å². The molecule has 1 aromatic rings. The first kappa shape index (κ1) is 18.6. The number of likely N-dealkylation sites (tertiary alicyclic amines) is 1. The number of aryl methyl sites for hydroxylation is 2. The quantitative estimate of drug-likeness (QED) is 0.859. The Bertz CT molecular complexity index is 841. The predicted molar refractivity (Wildman–Crippen MR) is 103 cm³/mol. The Kier molecular flexibility index (Phi) is 4.44. The van der Waals surface area contributed by atoms with Crippen LogP contribution in [0, 0.1) is 13.8 Å². The number of nitrogens with zero attached hydrogens (tertiary/aromatic N) is 4. The molecule has 5 amide bonds. The summed E-state index contributed by atoms with van der Waals surface area (Å²) in [4.78, 5) is 44.1. The van der Waals surface area contributed by atoms with Gasteiger partial charge in [0.1, 0.15) is 18.9 Å². The molecular weight excluding hydrogens is 358 g/mol. The van der Waals surface area contributed by atoms with Gasteiger partial charge in [0.25, 0.3) is 0 Å². The molecule has 3 aliphatic rings. The maximum Gasteiger partial charge on any atom is 0.323 e. The number of hydrogen-bond donors (Lipinski definition) is 1. The van der Waals surface area contributed by atoms with Crippen LogP contribution in [0.1, 0.15) is 35.6 Å². The molecule has 0 bridgehead atoms. The third-order valence-corrected chi connectivity index (χ3v) is 6.35. The van der Waals surface area contributed by atoms with Crippen molar-refractivity contribution in [2.45, 2.75) is 45.1 Å². The minimum absolute atomic E-state index is 0.0280. The average Bonchev–Trinajstić information content (AvgIpc) is 3.32. The van der Waals surface area contributed by atoms with Gasteiger partial charge >= 0.3 is 12.1 Å². The molecule has 0 aliphatic carbocycles. The highest BCUT2D eigenvalue weighted by molar-refractivity contribution is 5.89. The lowest BCUT2D eigenvalue weighted by Crippen LogP contribution is -2.49. The lowest BCUT2D eigenvalue weighted by molar-refractivity contribution is -0.133. The summed E-state index contributed by atoms with van der Waals surface area (Å²) >= 11 is 0. The van der Waals surface area contributed by atoms with E-state index in [0.717, 1.165) is 18.4 Å². The van der Waals surface area contributed by atoms with Gasteiger partial charge in [-0.05, 0) is 43.4 Å². The van der Waals surface area contributed by atoms with Crippen molar-refractivity contribution < 1.29 is 14.4 Å². The van der Waals surface area contributed by atoms with E-state index >= 15 is 0 Å². The highest BCUT2D eigenvalue weighted by atomic mass is 16.2. The molecule has 3 aliphatic heterocycles. The lowest BCUT2D eigenvalue weighted by atomic mass is 9.99. The molecule has 8 nitrogen and oxygen atoms in total. The molecule has 3 heterocycles. The van der Waals surface area contributed by atoms with Crippen LogP contribution in [-0.2, 0) is 4.79 Å². The fourth-order valence-electron chi connectivity index (χ4n) is 4.56. The number of rotatable bonds is 3. The minimum atomic E-state index is -0.461. The van der Waals surface area contributed by atoms with Gasteiger partial charge in [-0.3, -0.25) is 9.69 Å². The van der Waals surface area contributed by atoms with Crippen LogP contribution in [0.2, 0.25) is 0 Å². The summed E-state index contributed by atoms with van der Waals surface area (Å²) in [6.07, 6.45) is 0.986. The number of carbonyl (C=O) groups is 3. The fourth-order valence-corrected chi connectivity index (χ4v) is 4.56. The van der Waals surface area contributed by atoms with Gasteiger partial charge in [0.05, 0.1) is 6.04 Å². The molecule has 28 heavy (non-hydrogen) atoms. The van der Waals surface area contributed by atoms with Crippen molar-refractivity contribution in [1.82, 2.24) is 24.9 Å². The molecular formula is C20H27N5O3. The Morgan fingerprint density at radius 1 is 1.14 bits per heavy atom. The van der Waals surface area contributed by atoms with E-state index in [-0.39, 0.29) is 30.6 Å². The van der Waals surface area contributed by atoms with E-state index in [1.807, 2.05) is 4.90 Å². The van der Waals surface area contributed by atoms with Gasteiger partial charge in [-0.1, -0.05) is 18.2 Å². The third kappa shape index (κ3) is 2.78. The van der Waals surface area contributed by atoms with Gasteiger partial charge in [0, 0.05) is 20.6 Å². The smallest absolute Gasteiger partial charge is 0.323 e. The number of urea groups is 2. The molecule has 1 N–H and O–H groups in total. The number of benzene rings is 1. The monoisotopic (exact) mass is 385 g/mol. The maximum atomic E-state index is 13.1. The molecule has 0 radical (unpaired) electrons.